The summed E-state index contributed by atoms with van der Waals surface area (Å²) in [5.74, 6) is -1.04. The Morgan fingerprint density at radius 3 is 2.50 bits per heavy atom. The smallest absolute Gasteiger partial charge is 0.353 e. The van der Waals surface area contributed by atoms with Crippen LogP contribution >= 0.6 is 11.3 Å². The van der Waals surface area contributed by atoms with Crippen LogP contribution in [0.15, 0.2) is 58.3 Å². The lowest BCUT2D eigenvalue weighted by molar-refractivity contribution is -0.136. The minimum atomic E-state index is -0.622. The van der Waals surface area contributed by atoms with Crippen LogP contribution in [0.3, 0.4) is 0 Å². The number of Topliss-reactive ketones (excluding diaryl/α,β-unsaturated/α-hetero) is 1. The summed E-state index contributed by atoms with van der Waals surface area (Å²) in [6, 6.07) is 8.55. The van der Waals surface area contributed by atoms with Crippen molar-refractivity contribution in [1.29, 1.82) is 0 Å². The maximum Gasteiger partial charge on any atom is 0.353 e. The fourth-order valence-electron chi connectivity index (χ4n) is 4.64. The first-order valence-electron chi connectivity index (χ1n) is 10.9. The van der Waals surface area contributed by atoms with Gasteiger partial charge in [0.25, 0.3) is 0 Å². The van der Waals surface area contributed by atoms with Gasteiger partial charge in [0.15, 0.2) is 17.3 Å². The highest BCUT2D eigenvalue weighted by molar-refractivity contribution is 7.12. The molecule has 0 amide bonds. The van der Waals surface area contributed by atoms with Crippen LogP contribution in [0, 0.1) is 5.41 Å². The van der Waals surface area contributed by atoms with Crippen LogP contribution in [0.1, 0.15) is 54.8 Å². The highest BCUT2D eigenvalue weighted by Crippen LogP contribution is 2.47. The predicted octanol–water partition coefficient (Wildman–Crippen LogP) is 4.75. The van der Waals surface area contributed by atoms with E-state index in [1.165, 1.54) is 25.6 Å². The number of hydrogen-bond acceptors (Lipinski definition) is 8. The first kappa shape index (κ1) is 23.8. The van der Waals surface area contributed by atoms with E-state index in [0.29, 0.717) is 45.9 Å². The molecule has 1 aromatic heterocycles. The Kier molecular flexibility index (Phi) is 6.36. The third kappa shape index (κ3) is 4.37. The zero-order chi connectivity index (χ0) is 24.6. The zero-order valence-corrected chi connectivity index (χ0v) is 20.6. The molecule has 0 saturated heterocycles. The SMILES string of the molecule is COC(=O)C1=C(C)NC2=C(C(=O)CC(C)(C)C2)C1c1ccc(OC(=O)c2cccs2)c(OC)c1. The first-order valence-corrected chi connectivity index (χ1v) is 11.8. The fraction of sp³-hybridized carbons (Fsp3) is 0.346. The highest BCUT2D eigenvalue weighted by Gasteiger charge is 2.43. The molecular weight excluding hydrogens is 454 g/mol. The number of ether oxygens (including phenoxy) is 3. The van der Waals surface area contributed by atoms with Crippen molar-refractivity contribution in [2.24, 2.45) is 5.41 Å². The number of rotatable bonds is 5. The lowest BCUT2D eigenvalue weighted by Gasteiger charge is -2.39. The number of thiophene rings is 1. The summed E-state index contributed by atoms with van der Waals surface area (Å²) in [6.45, 7) is 5.92. The summed E-state index contributed by atoms with van der Waals surface area (Å²) < 4.78 is 16.1. The second kappa shape index (κ2) is 9.10. The number of nitrogens with one attached hydrogen (secondary N) is 1. The predicted molar refractivity (Wildman–Crippen MR) is 128 cm³/mol. The van der Waals surface area contributed by atoms with E-state index in [9.17, 15) is 14.4 Å². The van der Waals surface area contributed by atoms with Gasteiger partial charge in [-0.2, -0.15) is 0 Å². The van der Waals surface area contributed by atoms with Gasteiger partial charge in [0, 0.05) is 29.3 Å². The normalized spacial score (nSPS) is 19.3. The van der Waals surface area contributed by atoms with E-state index in [0.717, 1.165) is 5.70 Å². The third-order valence-corrected chi connectivity index (χ3v) is 6.94. The summed E-state index contributed by atoms with van der Waals surface area (Å²) in [5, 5.41) is 5.09. The Bertz CT molecular complexity index is 1220. The maximum absolute atomic E-state index is 13.3. The van der Waals surface area contributed by atoms with E-state index >= 15 is 0 Å². The van der Waals surface area contributed by atoms with Crippen molar-refractivity contribution in [1.82, 2.24) is 5.32 Å². The zero-order valence-electron chi connectivity index (χ0n) is 19.8. The third-order valence-electron chi connectivity index (χ3n) is 6.09. The lowest BCUT2D eigenvalue weighted by Crippen LogP contribution is -2.38. The van der Waals surface area contributed by atoms with Crippen molar-refractivity contribution in [2.75, 3.05) is 14.2 Å². The molecule has 1 aliphatic carbocycles. The van der Waals surface area contributed by atoms with Crippen molar-refractivity contribution in [3.63, 3.8) is 0 Å². The van der Waals surface area contributed by atoms with Crippen molar-refractivity contribution >= 4 is 29.1 Å². The van der Waals surface area contributed by atoms with Gasteiger partial charge >= 0.3 is 11.9 Å². The van der Waals surface area contributed by atoms with E-state index in [4.69, 9.17) is 14.2 Å². The minimum absolute atomic E-state index is 0.00943. The molecule has 0 radical (unpaired) electrons. The molecule has 7 nitrogen and oxygen atoms in total. The van der Waals surface area contributed by atoms with Gasteiger partial charge in [0.05, 0.1) is 19.8 Å². The van der Waals surface area contributed by atoms with Gasteiger partial charge in [0.2, 0.25) is 0 Å². The Morgan fingerprint density at radius 1 is 1.09 bits per heavy atom. The van der Waals surface area contributed by atoms with E-state index < -0.39 is 17.9 Å². The van der Waals surface area contributed by atoms with Gasteiger partial charge in [0.1, 0.15) is 4.88 Å². The second-order valence-corrected chi connectivity index (χ2v) is 10.1. The molecule has 4 rings (SSSR count). The molecule has 2 aliphatic rings. The van der Waals surface area contributed by atoms with Crippen molar-refractivity contribution in [3.8, 4) is 11.5 Å². The molecule has 2 aromatic rings. The van der Waals surface area contributed by atoms with Crippen molar-refractivity contribution in [2.45, 2.75) is 39.5 Å². The Balaban J connectivity index is 1.79. The molecule has 1 aromatic carbocycles. The minimum Gasteiger partial charge on any atom is -0.493 e. The van der Waals surface area contributed by atoms with Crippen LogP contribution in [0.5, 0.6) is 11.5 Å². The molecule has 0 spiro atoms. The van der Waals surface area contributed by atoms with Crippen molar-refractivity contribution in [3.05, 3.63) is 68.7 Å². The average molecular weight is 482 g/mol. The number of methoxy groups -OCH3 is 2. The Hall–Kier alpha value is -3.39. The van der Waals surface area contributed by atoms with E-state index in [1.54, 1.807) is 35.7 Å². The molecule has 34 heavy (non-hydrogen) atoms. The van der Waals surface area contributed by atoms with Crippen LogP contribution in [-0.4, -0.2) is 31.9 Å². The number of ketones is 1. The van der Waals surface area contributed by atoms with E-state index in [2.05, 4.69) is 19.2 Å². The molecule has 1 unspecified atom stereocenters. The summed E-state index contributed by atoms with van der Waals surface area (Å²) >= 11 is 1.28. The van der Waals surface area contributed by atoms with Gasteiger partial charge in [-0.25, -0.2) is 9.59 Å². The van der Waals surface area contributed by atoms with Crippen molar-refractivity contribution < 1.29 is 28.6 Å². The Labute approximate surface area is 202 Å². The van der Waals surface area contributed by atoms with Crippen LogP contribution < -0.4 is 14.8 Å². The van der Waals surface area contributed by atoms with Gasteiger partial charge in [-0.05, 0) is 47.9 Å². The topological polar surface area (TPSA) is 90.9 Å². The molecule has 2 heterocycles. The van der Waals surface area contributed by atoms with Crippen LogP contribution in [-0.2, 0) is 14.3 Å². The monoisotopic (exact) mass is 481 g/mol. The first-order chi connectivity index (χ1) is 16.1. The fourth-order valence-corrected chi connectivity index (χ4v) is 5.24. The van der Waals surface area contributed by atoms with Gasteiger partial charge < -0.3 is 19.5 Å². The summed E-state index contributed by atoms with van der Waals surface area (Å²) in [7, 11) is 2.80. The molecule has 8 heteroatoms. The lowest BCUT2D eigenvalue weighted by atomic mass is 9.68. The summed E-state index contributed by atoms with van der Waals surface area (Å²) in [4.78, 5) is 39.1. The molecule has 0 fully saturated rings. The number of allylic oxidation sites excluding steroid dienone is 3. The molecule has 0 bridgehead atoms. The van der Waals surface area contributed by atoms with Crippen LogP contribution in [0.4, 0.5) is 0 Å². The average Bonchev–Trinajstić information content (AvgIpc) is 3.32. The van der Waals surface area contributed by atoms with E-state index in [1.807, 2.05) is 6.92 Å². The number of carbonyl (C=O) groups is 3. The maximum atomic E-state index is 13.3. The number of dihydropyridines is 1. The van der Waals surface area contributed by atoms with Gasteiger partial charge in [-0.3, -0.25) is 4.79 Å². The molecule has 1 atom stereocenters. The molecular formula is C26H27NO6S. The van der Waals surface area contributed by atoms with Crippen LogP contribution in [0.25, 0.3) is 0 Å². The number of esters is 2. The number of hydrogen-bond donors (Lipinski definition) is 1. The molecule has 178 valence electrons. The van der Waals surface area contributed by atoms with Crippen LogP contribution in [0.2, 0.25) is 0 Å². The highest BCUT2D eigenvalue weighted by atomic mass is 32.1. The second-order valence-electron chi connectivity index (χ2n) is 9.20. The number of carbonyl (C=O) groups excluding carboxylic acids is 3. The van der Waals surface area contributed by atoms with Gasteiger partial charge in [-0.1, -0.05) is 26.0 Å². The molecule has 0 saturated carbocycles. The van der Waals surface area contributed by atoms with E-state index in [-0.39, 0.29) is 16.9 Å². The quantitative estimate of drug-likeness (QED) is 0.487. The number of benzene rings is 1. The molecule has 1 aliphatic heterocycles. The van der Waals surface area contributed by atoms with Gasteiger partial charge in [-0.15, -0.1) is 11.3 Å². The summed E-state index contributed by atoms with van der Waals surface area (Å²) in [5.41, 5.74) is 2.90. The Morgan fingerprint density at radius 2 is 1.85 bits per heavy atom. The summed E-state index contributed by atoms with van der Waals surface area (Å²) in [6.07, 6.45) is 1.06. The standard InChI is InChI=1S/C26H27NO6S/c1-14-21(25(30)32-5)22(23-16(27-14)12-26(2,3)13-17(23)28)15-8-9-18(19(11-15)31-4)33-24(29)20-7-6-10-34-20/h6-11,22,27H,12-13H2,1-5H3. The largest absolute Gasteiger partial charge is 0.493 e. The molecule has 1 N–H and O–H groups in total.